The predicted octanol–water partition coefficient (Wildman–Crippen LogP) is 2.05. The van der Waals surface area contributed by atoms with Crippen molar-refractivity contribution in [3.8, 4) is 5.75 Å². The van der Waals surface area contributed by atoms with Crippen LogP contribution in [0.15, 0.2) is 47.6 Å². The Labute approximate surface area is 145 Å². The summed E-state index contributed by atoms with van der Waals surface area (Å²) in [6.07, 6.45) is 5.00. The van der Waals surface area contributed by atoms with E-state index in [2.05, 4.69) is 4.98 Å². The molecule has 9 heteroatoms. The molecule has 0 spiro atoms. The molecular weight excluding hydrogens is 346 g/mol. The first-order valence-electron chi connectivity index (χ1n) is 7.65. The predicted molar refractivity (Wildman–Crippen MR) is 91.7 cm³/mol. The molecule has 2 heterocycles. The third kappa shape index (κ3) is 3.87. The molecule has 0 N–H and O–H groups in total. The first kappa shape index (κ1) is 17.2. The van der Waals surface area contributed by atoms with E-state index >= 15 is 0 Å². The maximum absolute atomic E-state index is 11.9. The number of pyridine rings is 1. The molecule has 1 fully saturated rings. The van der Waals surface area contributed by atoms with E-state index in [9.17, 15) is 18.5 Å². The normalized spacial score (nSPS) is 17.5. The highest BCUT2D eigenvalue weighted by Gasteiger charge is 2.28. The standard InChI is InChI=1S/C16H17N3O5S/c1-25(22,23)16-10-12(2-3-15(16)19(20)21)18-9-6-14(11-18)24-13-4-7-17-8-5-13/h2-5,7-8,10,14H,6,9,11H2,1H3. The fourth-order valence-electron chi connectivity index (χ4n) is 2.82. The van der Waals surface area contributed by atoms with Crippen LogP contribution in [-0.4, -0.2) is 43.8 Å². The lowest BCUT2D eigenvalue weighted by molar-refractivity contribution is -0.387. The van der Waals surface area contributed by atoms with Gasteiger partial charge in [-0.2, -0.15) is 0 Å². The van der Waals surface area contributed by atoms with Crippen LogP contribution in [0.1, 0.15) is 6.42 Å². The van der Waals surface area contributed by atoms with Gasteiger partial charge in [0.25, 0.3) is 5.69 Å². The minimum Gasteiger partial charge on any atom is -0.488 e. The van der Waals surface area contributed by atoms with Crippen LogP contribution in [0.2, 0.25) is 0 Å². The first-order valence-corrected chi connectivity index (χ1v) is 9.54. The van der Waals surface area contributed by atoms with Crippen LogP contribution >= 0.6 is 0 Å². The molecule has 8 nitrogen and oxygen atoms in total. The number of hydrogen-bond acceptors (Lipinski definition) is 7. The average Bonchev–Trinajstić information content (AvgIpc) is 3.03. The Bertz CT molecular complexity index is 886. The number of sulfone groups is 1. The van der Waals surface area contributed by atoms with E-state index < -0.39 is 20.4 Å². The number of nitro benzene ring substituents is 1. The van der Waals surface area contributed by atoms with Gasteiger partial charge in [0.2, 0.25) is 0 Å². The third-order valence-electron chi connectivity index (χ3n) is 4.00. The summed E-state index contributed by atoms with van der Waals surface area (Å²) in [5, 5.41) is 11.1. The van der Waals surface area contributed by atoms with Gasteiger partial charge in [-0.05, 0) is 24.3 Å². The molecule has 0 saturated carbocycles. The number of ether oxygens (including phenoxy) is 1. The lowest BCUT2D eigenvalue weighted by Crippen LogP contribution is -2.24. The van der Waals surface area contributed by atoms with Crippen molar-refractivity contribution < 1.29 is 18.1 Å². The summed E-state index contributed by atoms with van der Waals surface area (Å²) in [7, 11) is -3.70. The topological polar surface area (TPSA) is 103 Å². The van der Waals surface area contributed by atoms with Crippen molar-refractivity contribution in [2.75, 3.05) is 24.2 Å². The maximum Gasteiger partial charge on any atom is 0.288 e. The van der Waals surface area contributed by atoms with Gasteiger partial charge in [-0.3, -0.25) is 15.1 Å². The molecule has 1 unspecified atom stereocenters. The van der Waals surface area contributed by atoms with E-state index in [0.717, 1.165) is 18.4 Å². The number of rotatable bonds is 5. The van der Waals surface area contributed by atoms with Crippen LogP contribution in [0.25, 0.3) is 0 Å². The Balaban J connectivity index is 1.80. The summed E-state index contributed by atoms with van der Waals surface area (Å²) in [5.74, 6) is 0.724. The molecule has 0 bridgehead atoms. The number of benzene rings is 1. The second-order valence-corrected chi connectivity index (χ2v) is 7.82. The van der Waals surface area contributed by atoms with Crippen molar-refractivity contribution in [2.45, 2.75) is 17.4 Å². The van der Waals surface area contributed by atoms with Gasteiger partial charge < -0.3 is 9.64 Å². The molecule has 1 atom stereocenters. The van der Waals surface area contributed by atoms with E-state index in [4.69, 9.17) is 4.74 Å². The molecule has 0 aliphatic carbocycles. The van der Waals surface area contributed by atoms with Gasteiger partial charge in [-0.15, -0.1) is 0 Å². The third-order valence-corrected chi connectivity index (χ3v) is 5.13. The summed E-state index contributed by atoms with van der Waals surface area (Å²) in [6, 6.07) is 7.72. The van der Waals surface area contributed by atoms with Gasteiger partial charge in [0.05, 0.1) is 11.5 Å². The van der Waals surface area contributed by atoms with E-state index in [1.54, 1.807) is 30.6 Å². The number of nitro groups is 1. The summed E-state index contributed by atoms with van der Waals surface area (Å²) in [6.45, 7) is 1.25. The zero-order valence-electron chi connectivity index (χ0n) is 13.5. The molecule has 132 valence electrons. The largest absolute Gasteiger partial charge is 0.488 e. The Morgan fingerprint density at radius 1 is 1.28 bits per heavy atom. The average molecular weight is 363 g/mol. The number of nitrogens with zero attached hydrogens (tertiary/aromatic N) is 3. The highest BCUT2D eigenvalue weighted by Crippen LogP contribution is 2.31. The zero-order chi connectivity index (χ0) is 18.0. The zero-order valence-corrected chi connectivity index (χ0v) is 14.3. The van der Waals surface area contributed by atoms with Crippen molar-refractivity contribution >= 4 is 21.2 Å². The van der Waals surface area contributed by atoms with Crippen LogP contribution in [0.3, 0.4) is 0 Å². The lowest BCUT2D eigenvalue weighted by Gasteiger charge is -2.19. The van der Waals surface area contributed by atoms with Crippen LogP contribution in [0.5, 0.6) is 5.75 Å². The van der Waals surface area contributed by atoms with E-state index in [1.165, 1.54) is 12.1 Å². The minimum atomic E-state index is -3.70. The fraction of sp³-hybridized carbons (Fsp3) is 0.312. The van der Waals surface area contributed by atoms with Gasteiger partial charge in [-0.25, -0.2) is 8.42 Å². The van der Waals surface area contributed by atoms with Crippen molar-refractivity contribution in [3.63, 3.8) is 0 Å². The molecule has 1 saturated heterocycles. The van der Waals surface area contributed by atoms with Gasteiger partial charge >= 0.3 is 0 Å². The van der Waals surface area contributed by atoms with Crippen LogP contribution < -0.4 is 9.64 Å². The Hall–Kier alpha value is -2.68. The van der Waals surface area contributed by atoms with Crippen molar-refractivity contribution in [2.24, 2.45) is 0 Å². The number of aromatic nitrogens is 1. The highest BCUT2D eigenvalue weighted by molar-refractivity contribution is 7.90. The second kappa shape index (κ2) is 6.67. The molecule has 3 rings (SSSR count). The van der Waals surface area contributed by atoms with Crippen molar-refractivity contribution in [3.05, 3.63) is 52.8 Å². The molecule has 0 radical (unpaired) electrons. The molecule has 1 aliphatic rings. The summed E-state index contributed by atoms with van der Waals surface area (Å²) in [5.41, 5.74) is 0.224. The summed E-state index contributed by atoms with van der Waals surface area (Å²) < 4.78 is 29.6. The minimum absolute atomic E-state index is 0.0423. The Morgan fingerprint density at radius 2 is 2.00 bits per heavy atom. The Morgan fingerprint density at radius 3 is 2.64 bits per heavy atom. The molecular formula is C16H17N3O5S. The quantitative estimate of drug-likeness (QED) is 0.591. The van der Waals surface area contributed by atoms with Gasteiger partial charge in [0, 0.05) is 43.4 Å². The molecule has 25 heavy (non-hydrogen) atoms. The van der Waals surface area contributed by atoms with Crippen LogP contribution in [0, 0.1) is 10.1 Å². The number of hydrogen-bond donors (Lipinski definition) is 0. The Kier molecular flexibility index (Phi) is 4.58. The smallest absolute Gasteiger partial charge is 0.288 e. The molecule has 1 aliphatic heterocycles. The second-order valence-electron chi connectivity index (χ2n) is 5.84. The van der Waals surface area contributed by atoms with Crippen molar-refractivity contribution in [1.82, 2.24) is 4.98 Å². The molecule has 1 aromatic heterocycles. The van der Waals surface area contributed by atoms with Gasteiger partial charge in [-0.1, -0.05) is 0 Å². The first-order chi connectivity index (χ1) is 11.8. The van der Waals surface area contributed by atoms with E-state index in [1.807, 2.05) is 4.90 Å². The van der Waals surface area contributed by atoms with Crippen molar-refractivity contribution in [1.29, 1.82) is 0 Å². The maximum atomic E-state index is 11.9. The highest BCUT2D eigenvalue weighted by atomic mass is 32.2. The van der Waals surface area contributed by atoms with Gasteiger partial charge in [0.15, 0.2) is 9.84 Å². The van der Waals surface area contributed by atoms with Crippen LogP contribution in [-0.2, 0) is 9.84 Å². The number of anilines is 1. The van der Waals surface area contributed by atoms with Crippen LogP contribution in [0.4, 0.5) is 11.4 Å². The SMILES string of the molecule is CS(=O)(=O)c1cc(N2CCC(Oc3ccncc3)C2)ccc1[N+](=O)[O-]. The fourth-order valence-corrected chi connectivity index (χ4v) is 3.67. The lowest BCUT2D eigenvalue weighted by atomic mass is 10.2. The molecule has 0 amide bonds. The summed E-state index contributed by atoms with van der Waals surface area (Å²) in [4.78, 5) is 16.0. The van der Waals surface area contributed by atoms with E-state index in [0.29, 0.717) is 18.8 Å². The monoisotopic (exact) mass is 363 g/mol. The van der Waals surface area contributed by atoms with Gasteiger partial charge in [0.1, 0.15) is 16.7 Å². The molecule has 1 aromatic carbocycles. The molecule has 2 aromatic rings. The summed E-state index contributed by atoms with van der Waals surface area (Å²) >= 11 is 0. The van der Waals surface area contributed by atoms with E-state index in [-0.39, 0.29) is 11.0 Å².